The van der Waals surface area contributed by atoms with Gasteiger partial charge in [0.2, 0.25) is 12.4 Å². The van der Waals surface area contributed by atoms with Gasteiger partial charge in [-0.1, -0.05) is 0 Å². The van der Waals surface area contributed by atoms with Crippen LogP contribution in [0.15, 0.2) is 34.8 Å². The van der Waals surface area contributed by atoms with Gasteiger partial charge in [0.25, 0.3) is 0 Å². The predicted octanol–water partition coefficient (Wildman–Crippen LogP) is 2.11. The normalized spacial score (nSPS) is 9.84. The lowest BCUT2D eigenvalue weighted by Gasteiger charge is -2.06. The van der Waals surface area contributed by atoms with Gasteiger partial charge in [0.15, 0.2) is 0 Å². The number of fused-ring (bicyclic) bond motifs is 1. The number of aryl methyl sites for hydroxylation is 2. The number of hydrogen-bond donors (Lipinski definition) is 3. The lowest BCUT2D eigenvalue weighted by atomic mass is 10.2. The molecule has 0 radical (unpaired) electrons. The summed E-state index contributed by atoms with van der Waals surface area (Å²) in [4.78, 5) is 20.6. The molecule has 1 aromatic carbocycles. The van der Waals surface area contributed by atoms with Crippen molar-refractivity contribution in [2.45, 2.75) is 13.8 Å². The molecule has 0 aliphatic carbocycles. The van der Waals surface area contributed by atoms with E-state index in [0.29, 0.717) is 11.6 Å². The van der Waals surface area contributed by atoms with Crippen LogP contribution in [0.3, 0.4) is 0 Å². The molecule has 0 spiro atoms. The first-order valence-corrected chi connectivity index (χ1v) is 8.13. The van der Waals surface area contributed by atoms with E-state index in [9.17, 15) is 8.42 Å². The quantitative estimate of drug-likeness (QED) is 0.610. The maximum absolute atomic E-state index is 10.5. The van der Waals surface area contributed by atoms with Crippen molar-refractivity contribution in [1.29, 1.82) is 0 Å². The van der Waals surface area contributed by atoms with Gasteiger partial charge >= 0.3 is 10.5 Å². The van der Waals surface area contributed by atoms with Gasteiger partial charge in [0.1, 0.15) is 5.65 Å². The number of rotatable bonds is 3. The molecule has 0 aliphatic heterocycles. The van der Waals surface area contributed by atoms with Crippen LogP contribution in [0.5, 0.6) is 0 Å². The highest BCUT2D eigenvalue weighted by molar-refractivity contribution is 7.61. The molecule has 4 N–H and O–H groups in total. The van der Waals surface area contributed by atoms with E-state index in [2.05, 4.69) is 30.4 Å². The molecule has 0 aliphatic rings. The molecular formula is C15H16N6O3S. The third kappa shape index (κ3) is 4.61. The highest BCUT2D eigenvalue weighted by Gasteiger charge is 2.08. The lowest BCUT2D eigenvalue weighted by Crippen LogP contribution is -1.99. The number of nitrogens with zero attached hydrogens (tertiary/aromatic N) is 3. The summed E-state index contributed by atoms with van der Waals surface area (Å²) in [7, 11) is -2.45. The SMILES string of the molecule is Cc1c[nH]c2nc(Nc3ccc(N=S(=O)=O)cc3)nc(C)c12.NC=O. The van der Waals surface area contributed by atoms with Crippen molar-refractivity contribution in [2.24, 2.45) is 10.1 Å². The molecule has 0 atom stereocenters. The first kappa shape index (κ1) is 18.1. The molecule has 0 saturated carbocycles. The summed E-state index contributed by atoms with van der Waals surface area (Å²) in [5, 5.41) is 4.11. The van der Waals surface area contributed by atoms with E-state index in [0.717, 1.165) is 28.0 Å². The van der Waals surface area contributed by atoms with Gasteiger partial charge in [0.05, 0.1) is 11.4 Å². The zero-order chi connectivity index (χ0) is 18.4. The zero-order valence-electron chi connectivity index (χ0n) is 13.5. The Balaban J connectivity index is 0.000000701. The second kappa shape index (κ2) is 8.02. The van der Waals surface area contributed by atoms with Crippen molar-refractivity contribution in [3.63, 3.8) is 0 Å². The monoisotopic (exact) mass is 360 g/mol. The van der Waals surface area contributed by atoms with Gasteiger partial charge in [-0.3, -0.25) is 4.79 Å². The number of H-pyrrole nitrogens is 1. The first-order chi connectivity index (χ1) is 11.9. The van der Waals surface area contributed by atoms with Crippen molar-refractivity contribution >= 4 is 45.3 Å². The van der Waals surface area contributed by atoms with E-state index in [1.807, 2.05) is 20.0 Å². The fraction of sp³-hybridized carbons (Fsp3) is 0.133. The summed E-state index contributed by atoms with van der Waals surface area (Å²) < 4.78 is 24.4. The van der Waals surface area contributed by atoms with Crippen LogP contribution in [0.1, 0.15) is 11.3 Å². The second-order valence-electron chi connectivity index (χ2n) is 4.94. The van der Waals surface area contributed by atoms with Crippen LogP contribution in [0.4, 0.5) is 17.3 Å². The molecule has 1 amide bonds. The van der Waals surface area contributed by atoms with Crippen molar-refractivity contribution in [3.05, 3.63) is 41.7 Å². The molecule has 2 heterocycles. The minimum absolute atomic E-state index is 0.250. The van der Waals surface area contributed by atoms with Gasteiger partial charge in [-0.05, 0) is 43.7 Å². The Morgan fingerprint density at radius 3 is 2.44 bits per heavy atom. The second-order valence-corrected chi connectivity index (χ2v) is 5.56. The third-order valence-corrected chi connectivity index (χ3v) is 3.57. The zero-order valence-corrected chi connectivity index (χ0v) is 14.3. The van der Waals surface area contributed by atoms with Crippen LogP contribution in [0.25, 0.3) is 11.0 Å². The number of nitrogens with two attached hydrogens (primary N) is 1. The van der Waals surface area contributed by atoms with E-state index in [-0.39, 0.29) is 6.41 Å². The minimum Gasteiger partial charge on any atom is -0.372 e. The van der Waals surface area contributed by atoms with E-state index in [1.165, 1.54) is 0 Å². The van der Waals surface area contributed by atoms with E-state index in [1.54, 1.807) is 24.3 Å². The third-order valence-electron chi connectivity index (χ3n) is 3.21. The Labute approximate surface area is 145 Å². The number of carbonyl (C=O) groups excluding carboxylic acids is 1. The molecular weight excluding hydrogens is 344 g/mol. The van der Waals surface area contributed by atoms with Crippen LogP contribution in [-0.2, 0) is 15.3 Å². The number of aromatic nitrogens is 3. The van der Waals surface area contributed by atoms with Gasteiger partial charge in [-0.2, -0.15) is 13.4 Å². The van der Waals surface area contributed by atoms with E-state index >= 15 is 0 Å². The summed E-state index contributed by atoms with van der Waals surface area (Å²) in [6.07, 6.45) is 2.15. The number of aromatic amines is 1. The predicted molar refractivity (Wildman–Crippen MR) is 94.3 cm³/mol. The van der Waals surface area contributed by atoms with Gasteiger partial charge in [0, 0.05) is 17.3 Å². The fourth-order valence-corrected chi connectivity index (χ4v) is 2.57. The van der Waals surface area contributed by atoms with Crippen molar-refractivity contribution < 1.29 is 13.2 Å². The van der Waals surface area contributed by atoms with E-state index < -0.39 is 10.5 Å². The molecule has 0 fully saturated rings. The molecule has 3 rings (SSSR count). The minimum atomic E-state index is -2.45. The highest BCUT2D eigenvalue weighted by atomic mass is 32.2. The summed E-state index contributed by atoms with van der Waals surface area (Å²) in [6, 6.07) is 6.63. The summed E-state index contributed by atoms with van der Waals surface area (Å²) in [6.45, 7) is 3.94. The number of benzene rings is 1. The maximum atomic E-state index is 10.5. The van der Waals surface area contributed by atoms with Gasteiger partial charge < -0.3 is 16.0 Å². The van der Waals surface area contributed by atoms with Gasteiger partial charge in [-0.15, -0.1) is 4.36 Å². The van der Waals surface area contributed by atoms with Crippen LogP contribution < -0.4 is 11.1 Å². The fourth-order valence-electron chi connectivity index (χ4n) is 2.27. The standard InChI is InChI=1S/C14H13N5O2S.CH3NO/c1-8-7-15-13-12(8)9(2)16-14(18-13)17-10-3-5-11(6-4-10)19-22(20)21;2-1-3/h3-7H,1-2H3,(H2,15,16,17,18);1H,(H2,2,3). The van der Waals surface area contributed by atoms with Crippen LogP contribution in [0.2, 0.25) is 0 Å². The number of amides is 1. The molecule has 3 aromatic rings. The number of primary amides is 1. The van der Waals surface area contributed by atoms with Crippen LogP contribution in [-0.4, -0.2) is 29.8 Å². The molecule has 2 aromatic heterocycles. The Morgan fingerprint density at radius 1 is 1.20 bits per heavy atom. The molecule has 0 unspecified atom stereocenters. The summed E-state index contributed by atoms with van der Waals surface area (Å²) in [5.74, 6) is 0.476. The van der Waals surface area contributed by atoms with Crippen LogP contribution >= 0.6 is 0 Å². The largest absolute Gasteiger partial charge is 0.372 e. The molecule has 10 heteroatoms. The average Bonchev–Trinajstić information content (AvgIpc) is 2.91. The molecule has 25 heavy (non-hydrogen) atoms. The number of hydrogen-bond acceptors (Lipinski definition) is 7. The molecule has 0 bridgehead atoms. The smallest absolute Gasteiger partial charge is 0.316 e. The Morgan fingerprint density at radius 2 is 1.84 bits per heavy atom. The number of nitrogens with one attached hydrogen (secondary N) is 2. The van der Waals surface area contributed by atoms with Crippen molar-refractivity contribution in [2.75, 3.05) is 5.32 Å². The maximum Gasteiger partial charge on any atom is 0.316 e. The Hall–Kier alpha value is -3.27. The number of carbonyl (C=O) groups is 1. The summed E-state index contributed by atoms with van der Waals surface area (Å²) in [5.41, 5.74) is 8.06. The molecule has 0 saturated heterocycles. The number of anilines is 2. The summed E-state index contributed by atoms with van der Waals surface area (Å²) >= 11 is 0. The molecule has 130 valence electrons. The van der Waals surface area contributed by atoms with Crippen molar-refractivity contribution in [1.82, 2.24) is 15.0 Å². The van der Waals surface area contributed by atoms with Crippen LogP contribution in [0, 0.1) is 13.8 Å². The Kier molecular flexibility index (Phi) is 5.79. The highest BCUT2D eigenvalue weighted by Crippen LogP contribution is 2.23. The average molecular weight is 360 g/mol. The van der Waals surface area contributed by atoms with E-state index in [4.69, 9.17) is 4.79 Å². The molecule has 9 nitrogen and oxygen atoms in total. The first-order valence-electron chi connectivity index (χ1n) is 7.10. The topological polar surface area (TPSA) is 143 Å². The Bertz CT molecular complexity index is 1020. The van der Waals surface area contributed by atoms with Gasteiger partial charge in [-0.25, -0.2) is 4.98 Å². The van der Waals surface area contributed by atoms with Crippen molar-refractivity contribution in [3.8, 4) is 0 Å². The lowest BCUT2D eigenvalue weighted by molar-refractivity contribution is -0.106.